The Morgan fingerprint density at radius 3 is 0.909 bits per heavy atom. The Balaban J connectivity index is 2.40. The number of benzene rings is 2. The minimum absolute atomic E-state index is 0.829. The molecule has 0 aromatic heterocycles. The molecule has 0 fully saturated rings. The highest BCUT2D eigenvalue weighted by molar-refractivity contribution is 5.50. The van der Waals surface area contributed by atoms with Crippen molar-refractivity contribution in [2.45, 2.75) is 55.4 Å². The second kappa shape index (κ2) is 6.04. The highest BCUT2D eigenvalue weighted by atomic mass is 17.2. The Labute approximate surface area is 134 Å². The molecule has 0 aliphatic rings. The van der Waals surface area contributed by atoms with Crippen LogP contribution in [0.15, 0.2) is 12.1 Å². The van der Waals surface area contributed by atoms with Crippen molar-refractivity contribution in [3.63, 3.8) is 0 Å². The fourth-order valence-electron chi connectivity index (χ4n) is 2.69. The molecule has 0 aliphatic carbocycles. The highest BCUT2D eigenvalue weighted by Crippen LogP contribution is 2.33. The van der Waals surface area contributed by atoms with E-state index in [0.29, 0.717) is 0 Å². The van der Waals surface area contributed by atoms with Gasteiger partial charge in [0.15, 0.2) is 11.5 Å². The molecule has 0 atom stereocenters. The molecular formula is C20H26O2. The lowest BCUT2D eigenvalue weighted by atomic mass is 10.00. The van der Waals surface area contributed by atoms with Gasteiger partial charge < -0.3 is 0 Å². The molecule has 0 heterocycles. The molecular weight excluding hydrogens is 272 g/mol. The Bertz CT molecular complexity index is 611. The Hall–Kier alpha value is -1.96. The third kappa shape index (κ3) is 2.83. The predicted molar refractivity (Wildman–Crippen MR) is 92.0 cm³/mol. The summed E-state index contributed by atoms with van der Waals surface area (Å²) < 4.78 is 0. The van der Waals surface area contributed by atoms with Gasteiger partial charge in [-0.3, -0.25) is 9.78 Å². The summed E-state index contributed by atoms with van der Waals surface area (Å²) in [5, 5.41) is 0. The van der Waals surface area contributed by atoms with Crippen LogP contribution in [0.3, 0.4) is 0 Å². The summed E-state index contributed by atoms with van der Waals surface area (Å²) >= 11 is 0. The topological polar surface area (TPSA) is 18.5 Å². The van der Waals surface area contributed by atoms with E-state index in [4.69, 9.17) is 9.78 Å². The van der Waals surface area contributed by atoms with Crippen LogP contribution in [0.5, 0.6) is 11.5 Å². The van der Waals surface area contributed by atoms with E-state index < -0.39 is 0 Å². The monoisotopic (exact) mass is 298 g/mol. The molecule has 0 amide bonds. The molecule has 0 bridgehead atoms. The molecule has 0 saturated heterocycles. The third-order valence-electron chi connectivity index (χ3n) is 4.80. The van der Waals surface area contributed by atoms with Crippen LogP contribution in [-0.4, -0.2) is 0 Å². The standard InChI is InChI=1S/C20H26O2/c1-11-9-12(2)16(6)19(15(11)5)21-22-20-17(7)13(3)10-14(4)18(20)8/h9-10H,1-8H3. The van der Waals surface area contributed by atoms with Crippen LogP contribution in [0.4, 0.5) is 0 Å². The summed E-state index contributed by atoms with van der Waals surface area (Å²) in [4.78, 5) is 11.6. The molecule has 0 aliphatic heterocycles. The van der Waals surface area contributed by atoms with Crippen molar-refractivity contribution >= 4 is 0 Å². The number of hydrogen-bond acceptors (Lipinski definition) is 2. The van der Waals surface area contributed by atoms with Crippen LogP contribution in [0.25, 0.3) is 0 Å². The van der Waals surface area contributed by atoms with Gasteiger partial charge in [0.25, 0.3) is 0 Å². The van der Waals surface area contributed by atoms with E-state index in [1.54, 1.807) is 0 Å². The van der Waals surface area contributed by atoms with Crippen molar-refractivity contribution in [3.05, 3.63) is 56.6 Å². The highest BCUT2D eigenvalue weighted by Gasteiger charge is 2.15. The van der Waals surface area contributed by atoms with Gasteiger partial charge in [0.2, 0.25) is 0 Å². The van der Waals surface area contributed by atoms with E-state index in [9.17, 15) is 0 Å². The SMILES string of the molecule is Cc1cc(C)c(C)c(OOc2c(C)c(C)cc(C)c2C)c1C. The first-order valence-electron chi connectivity index (χ1n) is 7.73. The quantitative estimate of drug-likeness (QED) is 0.548. The zero-order chi connectivity index (χ0) is 16.6. The van der Waals surface area contributed by atoms with Gasteiger partial charge >= 0.3 is 0 Å². The Morgan fingerprint density at radius 1 is 0.455 bits per heavy atom. The zero-order valence-corrected chi connectivity index (χ0v) is 15.0. The van der Waals surface area contributed by atoms with Gasteiger partial charge in [0.1, 0.15) is 0 Å². The molecule has 2 rings (SSSR count). The molecule has 0 radical (unpaired) electrons. The molecule has 0 saturated carbocycles. The molecule has 118 valence electrons. The van der Waals surface area contributed by atoms with Crippen LogP contribution in [-0.2, 0) is 0 Å². The van der Waals surface area contributed by atoms with Crippen LogP contribution in [0, 0.1) is 55.4 Å². The van der Waals surface area contributed by atoms with Crippen molar-refractivity contribution < 1.29 is 9.78 Å². The van der Waals surface area contributed by atoms with Crippen molar-refractivity contribution in [2.24, 2.45) is 0 Å². The summed E-state index contributed by atoms with van der Waals surface area (Å²) in [5.41, 5.74) is 9.38. The molecule has 0 spiro atoms. The lowest BCUT2D eigenvalue weighted by Crippen LogP contribution is -2.08. The van der Waals surface area contributed by atoms with Crippen molar-refractivity contribution in [1.82, 2.24) is 0 Å². The lowest BCUT2D eigenvalue weighted by molar-refractivity contribution is -0.102. The van der Waals surface area contributed by atoms with Gasteiger partial charge in [-0.05, 0) is 99.9 Å². The summed E-state index contributed by atoms with van der Waals surface area (Å²) in [6.07, 6.45) is 0. The summed E-state index contributed by atoms with van der Waals surface area (Å²) in [7, 11) is 0. The first-order chi connectivity index (χ1) is 10.2. The maximum absolute atomic E-state index is 5.79. The normalized spacial score (nSPS) is 10.7. The second-order valence-electron chi connectivity index (χ2n) is 6.35. The smallest absolute Gasteiger partial charge is 0.184 e. The average molecular weight is 298 g/mol. The van der Waals surface area contributed by atoms with Gasteiger partial charge in [-0.1, -0.05) is 12.1 Å². The first-order valence-corrected chi connectivity index (χ1v) is 7.73. The van der Waals surface area contributed by atoms with Gasteiger partial charge in [0, 0.05) is 0 Å². The Kier molecular flexibility index (Phi) is 4.50. The first kappa shape index (κ1) is 16.4. The van der Waals surface area contributed by atoms with E-state index >= 15 is 0 Å². The number of rotatable bonds is 3. The minimum Gasteiger partial charge on any atom is -0.289 e. The molecule has 2 aromatic rings. The van der Waals surface area contributed by atoms with Crippen LogP contribution in [0.1, 0.15) is 44.5 Å². The number of aryl methyl sites for hydroxylation is 4. The average Bonchev–Trinajstić information content (AvgIpc) is 2.46. The fourth-order valence-corrected chi connectivity index (χ4v) is 2.69. The van der Waals surface area contributed by atoms with E-state index in [1.165, 1.54) is 22.3 Å². The lowest BCUT2D eigenvalue weighted by Gasteiger charge is -2.18. The largest absolute Gasteiger partial charge is 0.289 e. The predicted octanol–water partition coefficient (Wildman–Crippen LogP) is 5.53. The maximum Gasteiger partial charge on any atom is 0.184 e. The van der Waals surface area contributed by atoms with Crippen molar-refractivity contribution in [3.8, 4) is 11.5 Å². The molecule has 2 heteroatoms. The van der Waals surface area contributed by atoms with E-state index in [2.05, 4.69) is 67.5 Å². The molecule has 2 nitrogen and oxygen atoms in total. The van der Waals surface area contributed by atoms with Crippen LogP contribution < -0.4 is 9.78 Å². The van der Waals surface area contributed by atoms with Gasteiger partial charge in [-0.2, -0.15) is 0 Å². The number of hydrogen-bond donors (Lipinski definition) is 0. The van der Waals surface area contributed by atoms with Crippen molar-refractivity contribution in [2.75, 3.05) is 0 Å². The molecule has 2 aromatic carbocycles. The molecule has 0 N–H and O–H groups in total. The van der Waals surface area contributed by atoms with E-state index in [1.807, 2.05) is 0 Å². The van der Waals surface area contributed by atoms with Gasteiger partial charge in [-0.15, -0.1) is 0 Å². The second-order valence-corrected chi connectivity index (χ2v) is 6.35. The van der Waals surface area contributed by atoms with Crippen molar-refractivity contribution in [1.29, 1.82) is 0 Å². The summed E-state index contributed by atoms with van der Waals surface area (Å²) in [5.74, 6) is 1.66. The Morgan fingerprint density at radius 2 is 0.682 bits per heavy atom. The summed E-state index contributed by atoms with van der Waals surface area (Å²) in [6.45, 7) is 16.7. The van der Waals surface area contributed by atoms with Crippen LogP contribution in [0.2, 0.25) is 0 Å². The molecule has 22 heavy (non-hydrogen) atoms. The third-order valence-corrected chi connectivity index (χ3v) is 4.80. The minimum atomic E-state index is 0.829. The van der Waals surface area contributed by atoms with Gasteiger partial charge in [-0.25, -0.2) is 0 Å². The zero-order valence-electron chi connectivity index (χ0n) is 15.0. The van der Waals surface area contributed by atoms with E-state index in [-0.39, 0.29) is 0 Å². The molecule has 0 unspecified atom stereocenters. The summed E-state index contributed by atoms with van der Waals surface area (Å²) in [6, 6.07) is 4.37. The fraction of sp³-hybridized carbons (Fsp3) is 0.400. The maximum atomic E-state index is 5.79. The van der Waals surface area contributed by atoms with E-state index in [0.717, 1.165) is 33.8 Å². The van der Waals surface area contributed by atoms with Crippen LogP contribution >= 0.6 is 0 Å². The van der Waals surface area contributed by atoms with Gasteiger partial charge in [0.05, 0.1) is 0 Å².